The van der Waals surface area contributed by atoms with Crippen molar-refractivity contribution in [2.45, 2.75) is 6.92 Å². The summed E-state index contributed by atoms with van der Waals surface area (Å²) in [5.74, 6) is 0. The van der Waals surface area contributed by atoms with E-state index in [4.69, 9.17) is 0 Å². The average Bonchev–Trinajstić information content (AvgIpc) is 1.68. The highest BCUT2D eigenvalue weighted by Gasteiger charge is 1.97. The standard InChI is InChI=1S/C3H7NO3S/c1-2-6-3(5)7-4-8/h4,8H,2H2,1H3. The maximum Gasteiger partial charge on any atom is 0.528 e. The lowest BCUT2D eigenvalue weighted by molar-refractivity contribution is 0.0463. The van der Waals surface area contributed by atoms with Gasteiger partial charge in [0.15, 0.2) is 0 Å². The lowest BCUT2D eigenvalue weighted by Gasteiger charge is -1.97. The number of carbonyl (C=O) groups excluding carboxylic acids is 1. The summed E-state index contributed by atoms with van der Waals surface area (Å²) in [5, 5.41) is 0. The summed E-state index contributed by atoms with van der Waals surface area (Å²) in [4.78, 5) is 16.0. The molecular weight excluding hydrogens is 130 g/mol. The van der Waals surface area contributed by atoms with Gasteiger partial charge in [-0.1, -0.05) is 17.7 Å². The molecule has 5 heteroatoms. The number of thiol groups is 1. The Hall–Kier alpha value is -0.420. The third-order valence-corrected chi connectivity index (χ3v) is 0.482. The summed E-state index contributed by atoms with van der Waals surface area (Å²) in [6.45, 7) is 1.98. The first-order valence-electron chi connectivity index (χ1n) is 2.04. The van der Waals surface area contributed by atoms with Crippen LogP contribution in [0.2, 0.25) is 0 Å². The molecule has 0 aromatic carbocycles. The first kappa shape index (κ1) is 7.58. The molecule has 0 spiro atoms. The fraction of sp³-hybridized carbons (Fsp3) is 0.667. The van der Waals surface area contributed by atoms with Gasteiger partial charge in [0.2, 0.25) is 0 Å². The summed E-state index contributed by atoms with van der Waals surface area (Å²) < 4.78 is 4.31. The van der Waals surface area contributed by atoms with E-state index in [0.29, 0.717) is 6.61 Å². The van der Waals surface area contributed by atoms with Crippen molar-refractivity contribution >= 4 is 19.0 Å². The number of hydrogen-bond acceptors (Lipinski definition) is 5. The van der Waals surface area contributed by atoms with Crippen LogP contribution >= 0.6 is 12.8 Å². The van der Waals surface area contributed by atoms with Crippen LogP contribution in [0.5, 0.6) is 0 Å². The van der Waals surface area contributed by atoms with E-state index in [1.54, 1.807) is 6.92 Å². The fourth-order valence-electron chi connectivity index (χ4n) is 0.185. The van der Waals surface area contributed by atoms with Crippen LogP contribution in [0.4, 0.5) is 4.79 Å². The molecule has 0 heterocycles. The van der Waals surface area contributed by atoms with E-state index >= 15 is 0 Å². The minimum atomic E-state index is -0.775. The van der Waals surface area contributed by atoms with Crippen LogP contribution in [0.15, 0.2) is 0 Å². The minimum Gasteiger partial charge on any atom is -0.433 e. The Kier molecular flexibility index (Phi) is 4.48. The van der Waals surface area contributed by atoms with Crippen molar-refractivity contribution < 1.29 is 14.4 Å². The van der Waals surface area contributed by atoms with E-state index in [0.717, 1.165) is 0 Å². The normalized spacial score (nSPS) is 8.25. The first-order valence-corrected chi connectivity index (χ1v) is 2.48. The van der Waals surface area contributed by atoms with E-state index < -0.39 is 6.16 Å². The van der Waals surface area contributed by atoms with Crippen molar-refractivity contribution in [2.24, 2.45) is 0 Å². The lowest BCUT2D eigenvalue weighted by Crippen LogP contribution is -2.12. The molecule has 0 aliphatic carbocycles. The molecule has 0 aliphatic rings. The zero-order valence-electron chi connectivity index (χ0n) is 4.38. The molecule has 0 rings (SSSR count). The van der Waals surface area contributed by atoms with Gasteiger partial charge in [-0.2, -0.15) is 0 Å². The predicted molar refractivity (Wildman–Crippen MR) is 30.2 cm³/mol. The smallest absolute Gasteiger partial charge is 0.433 e. The summed E-state index contributed by atoms with van der Waals surface area (Å²) in [7, 11) is 0. The van der Waals surface area contributed by atoms with Crippen molar-refractivity contribution in [2.75, 3.05) is 6.61 Å². The van der Waals surface area contributed by atoms with Crippen LogP contribution in [0.1, 0.15) is 6.92 Å². The second kappa shape index (κ2) is 4.73. The monoisotopic (exact) mass is 137 g/mol. The van der Waals surface area contributed by atoms with Crippen LogP contribution < -0.4 is 4.89 Å². The van der Waals surface area contributed by atoms with Crippen molar-refractivity contribution in [3.8, 4) is 0 Å². The van der Waals surface area contributed by atoms with E-state index in [9.17, 15) is 4.79 Å². The number of rotatable bonds is 2. The van der Waals surface area contributed by atoms with Gasteiger partial charge in [-0.25, -0.2) is 4.79 Å². The van der Waals surface area contributed by atoms with E-state index in [-0.39, 0.29) is 0 Å². The molecule has 0 atom stereocenters. The van der Waals surface area contributed by atoms with E-state index in [1.165, 1.54) is 0 Å². The van der Waals surface area contributed by atoms with Gasteiger partial charge in [-0.05, 0) is 6.92 Å². The molecule has 0 aliphatic heterocycles. The summed E-state index contributed by atoms with van der Waals surface area (Å²) in [5.41, 5.74) is 0. The Morgan fingerprint density at radius 2 is 2.50 bits per heavy atom. The Bertz CT molecular complexity index is 68.9. The number of carbonyl (C=O) groups is 1. The Morgan fingerprint density at radius 3 is 2.88 bits per heavy atom. The molecule has 0 amide bonds. The van der Waals surface area contributed by atoms with Gasteiger partial charge in [0.1, 0.15) is 0 Å². The summed E-state index contributed by atoms with van der Waals surface area (Å²) >= 11 is 3.38. The van der Waals surface area contributed by atoms with Gasteiger partial charge >= 0.3 is 6.16 Å². The third kappa shape index (κ3) is 3.76. The van der Waals surface area contributed by atoms with Crippen LogP contribution in [0.25, 0.3) is 0 Å². The zero-order chi connectivity index (χ0) is 6.41. The van der Waals surface area contributed by atoms with Crippen LogP contribution in [-0.4, -0.2) is 12.8 Å². The number of hydrogen-bond donors (Lipinski definition) is 2. The average molecular weight is 137 g/mol. The molecule has 0 radical (unpaired) electrons. The van der Waals surface area contributed by atoms with Crippen molar-refractivity contribution in [1.29, 1.82) is 0 Å². The molecule has 0 fully saturated rings. The van der Waals surface area contributed by atoms with Crippen molar-refractivity contribution in [3.05, 3.63) is 0 Å². The SMILES string of the molecule is CCOC(=O)ONS. The molecule has 4 nitrogen and oxygen atoms in total. The van der Waals surface area contributed by atoms with E-state index in [1.807, 2.05) is 4.89 Å². The van der Waals surface area contributed by atoms with Crippen LogP contribution in [0.3, 0.4) is 0 Å². The number of ether oxygens (including phenoxy) is 1. The molecular formula is C3H7NO3S. The molecule has 8 heavy (non-hydrogen) atoms. The van der Waals surface area contributed by atoms with Gasteiger partial charge in [0, 0.05) is 0 Å². The summed E-state index contributed by atoms with van der Waals surface area (Å²) in [6, 6.07) is 0. The highest BCUT2D eigenvalue weighted by atomic mass is 32.1. The maximum absolute atomic E-state index is 10.1. The second-order valence-electron chi connectivity index (χ2n) is 0.876. The molecule has 0 saturated heterocycles. The van der Waals surface area contributed by atoms with Crippen molar-refractivity contribution in [1.82, 2.24) is 4.89 Å². The van der Waals surface area contributed by atoms with Gasteiger partial charge < -0.3 is 9.57 Å². The largest absolute Gasteiger partial charge is 0.528 e. The lowest BCUT2D eigenvalue weighted by atomic mass is 10.9. The fourth-order valence-corrected chi connectivity index (χ4v) is 0.259. The Balaban J connectivity index is 3.06. The third-order valence-electron chi connectivity index (χ3n) is 0.391. The Morgan fingerprint density at radius 1 is 1.88 bits per heavy atom. The van der Waals surface area contributed by atoms with Gasteiger partial charge in [0.25, 0.3) is 0 Å². The highest BCUT2D eigenvalue weighted by molar-refractivity contribution is 7.77. The van der Waals surface area contributed by atoms with Crippen LogP contribution in [0, 0.1) is 0 Å². The molecule has 0 saturated carbocycles. The predicted octanol–water partition coefficient (Wildman–Crippen LogP) is 0.509. The second-order valence-corrected chi connectivity index (χ2v) is 1.06. The highest BCUT2D eigenvalue weighted by Crippen LogP contribution is 1.79. The topological polar surface area (TPSA) is 47.6 Å². The molecule has 1 N–H and O–H groups in total. The molecule has 0 aromatic heterocycles. The van der Waals surface area contributed by atoms with Crippen molar-refractivity contribution in [3.63, 3.8) is 0 Å². The van der Waals surface area contributed by atoms with E-state index in [2.05, 4.69) is 22.4 Å². The first-order chi connectivity index (χ1) is 3.81. The Labute approximate surface area is 52.7 Å². The minimum absolute atomic E-state index is 0.300. The van der Waals surface area contributed by atoms with Gasteiger partial charge in [0.05, 0.1) is 6.61 Å². The zero-order valence-corrected chi connectivity index (χ0v) is 5.27. The number of nitrogens with one attached hydrogen (secondary N) is 1. The van der Waals surface area contributed by atoms with Gasteiger partial charge in [-0.3, -0.25) is 0 Å². The molecule has 0 unspecified atom stereocenters. The molecule has 0 aromatic rings. The van der Waals surface area contributed by atoms with Gasteiger partial charge in [-0.15, -0.1) is 0 Å². The van der Waals surface area contributed by atoms with Crippen LogP contribution in [-0.2, 0) is 9.57 Å². The molecule has 0 bridgehead atoms. The summed E-state index contributed by atoms with van der Waals surface area (Å²) in [6.07, 6.45) is -0.775. The maximum atomic E-state index is 10.1. The quantitative estimate of drug-likeness (QED) is 0.331. The molecule has 48 valence electrons.